The summed E-state index contributed by atoms with van der Waals surface area (Å²) >= 11 is 0. The molecule has 1 unspecified atom stereocenters. The van der Waals surface area contributed by atoms with Crippen LogP contribution in [-0.4, -0.2) is 35.5 Å². The van der Waals surface area contributed by atoms with Gasteiger partial charge in [0.15, 0.2) is 15.7 Å². The van der Waals surface area contributed by atoms with Crippen LogP contribution in [0.15, 0.2) is 17.2 Å². The highest BCUT2D eigenvalue weighted by Crippen LogP contribution is 2.14. The first-order valence-electron chi connectivity index (χ1n) is 6.04. The maximum absolute atomic E-state index is 11.9. The summed E-state index contributed by atoms with van der Waals surface area (Å²) in [5.74, 6) is 0.559. The van der Waals surface area contributed by atoms with E-state index >= 15 is 0 Å². The molecule has 1 atom stereocenters. The van der Waals surface area contributed by atoms with Crippen molar-refractivity contribution in [3.8, 4) is 0 Å². The van der Waals surface area contributed by atoms with Crippen LogP contribution in [0, 0.1) is 0 Å². The number of rotatable bonds is 3. The second-order valence-electron chi connectivity index (χ2n) is 4.46. The van der Waals surface area contributed by atoms with E-state index in [9.17, 15) is 13.2 Å². The first-order chi connectivity index (χ1) is 8.52. The van der Waals surface area contributed by atoms with E-state index in [1.807, 2.05) is 6.92 Å². The average Bonchev–Trinajstić information content (AvgIpc) is 2.31. The Labute approximate surface area is 106 Å². The molecule has 0 radical (unpaired) electrons. The fraction of sp³-hybridized carbons (Fsp3) is 0.636. The van der Waals surface area contributed by atoms with Crippen LogP contribution in [0.3, 0.4) is 0 Å². The van der Waals surface area contributed by atoms with Crippen LogP contribution < -0.4 is 10.9 Å². The molecule has 0 amide bonds. The molecular formula is C11H17N3O3S. The zero-order valence-corrected chi connectivity index (χ0v) is 11.1. The summed E-state index contributed by atoms with van der Waals surface area (Å²) in [5, 5.41) is 2.96. The fourth-order valence-corrected chi connectivity index (χ4v) is 3.76. The molecule has 0 aromatic carbocycles. The van der Waals surface area contributed by atoms with Gasteiger partial charge in [0, 0.05) is 25.0 Å². The van der Waals surface area contributed by atoms with Gasteiger partial charge in [-0.1, -0.05) is 0 Å². The van der Waals surface area contributed by atoms with Gasteiger partial charge in [0.05, 0.1) is 11.5 Å². The first-order valence-corrected chi connectivity index (χ1v) is 7.86. The molecule has 1 saturated heterocycles. The Bertz CT molecular complexity index is 579. The molecule has 0 bridgehead atoms. The minimum absolute atomic E-state index is 0.0785. The Hall–Kier alpha value is -1.37. The molecule has 1 aromatic rings. The van der Waals surface area contributed by atoms with Gasteiger partial charge in [-0.15, -0.1) is 0 Å². The van der Waals surface area contributed by atoms with Crippen LogP contribution in [0.2, 0.25) is 0 Å². The molecule has 1 fully saturated rings. The highest BCUT2D eigenvalue weighted by Gasteiger charge is 2.25. The first kappa shape index (κ1) is 13.1. The predicted molar refractivity (Wildman–Crippen MR) is 69.5 cm³/mol. The van der Waals surface area contributed by atoms with E-state index in [1.165, 1.54) is 4.57 Å². The number of hydrogen-bond acceptors (Lipinski definition) is 5. The largest absolute Gasteiger partial charge is 0.362 e. The van der Waals surface area contributed by atoms with E-state index in [-0.39, 0.29) is 28.9 Å². The predicted octanol–water partition coefficient (Wildman–Crippen LogP) is 0.252. The monoisotopic (exact) mass is 271 g/mol. The van der Waals surface area contributed by atoms with Crippen LogP contribution >= 0.6 is 0 Å². The molecule has 1 aromatic heterocycles. The van der Waals surface area contributed by atoms with Crippen molar-refractivity contribution >= 4 is 15.7 Å². The van der Waals surface area contributed by atoms with Gasteiger partial charge in [0.1, 0.15) is 0 Å². The molecule has 1 aliphatic heterocycles. The van der Waals surface area contributed by atoms with E-state index in [1.54, 1.807) is 12.4 Å². The molecule has 100 valence electrons. The molecule has 1 N–H and O–H groups in total. The van der Waals surface area contributed by atoms with Gasteiger partial charge < -0.3 is 9.88 Å². The normalized spacial score (nSPS) is 22.6. The van der Waals surface area contributed by atoms with Crippen LogP contribution in [-0.2, 0) is 16.4 Å². The maximum atomic E-state index is 11.9. The molecule has 1 aliphatic rings. The van der Waals surface area contributed by atoms with Crippen molar-refractivity contribution in [2.75, 3.05) is 16.8 Å². The topological polar surface area (TPSA) is 81.1 Å². The van der Waals surface area contributed by atoms with Gasteiger partial charge in [-0.2, -0.15) is 0 Å². The lowest BCUT2D eigenvalue weighted by Crippen LogP contribution is -2.37. The third-order valence-electron chi connectivity index (χ3n) is 3.06. The summed E-state index contributed by atoms with van der Waals surface area (Å²) in [7, 11) is -2.98. The van der Waals surface area contributed by atoms with Crippen molar-refractivity contribution in [2.24, 2.45) is 0 Å². The van der Waals surface area contributed by atoms with E-state index in [0.29, 0.717) is 13.0 Å². The highest BCUT2D eigenvalue weighted by atomic mass is 32.2. The molecule has 6 nitrogen and oxygen atoms in total. The van der Waals surface area contributed by atoms with E-state index in [0.717, 1.165) is 6.42 Å². The minimum atomic E-state index is -2.98. The Morgan fingerprint density at radius 1 is 1.56 bits per heavy atom. The molecule has 7 heteroatoms. The van der Waals surface area contributed by atoms with Gasteiger partial charge in [0.2, 0.25) is 0 Å². The molecule has 2 heterocycles. The highest BCUT2D eigenvalue weighted by molar-refractivity contribution is 7.91. The standard InChI is InChI=1S/C11H17N3O3S/c1-2-14-6-5-12-10(11(14)15)13-9-4-3-7-18(16,17)8-9/h5-6,9H,2-4,7-8H2,1H3,(H,12,13). The van der Waals surface area contributed by atoms with Crippen LogP contribution in [0.5, 0.6) is 0 Å². The number of nitrogens with one attached hydrogen (secondary N) is 1. The molecule has 0 saturated carbocycles. The Balaban J connectivity index is 2.17. The molecule has 18 heavy (non-hydrogen) atoms. The fourth-order valence-electron chi connectivity index (χ4n) is 2.13. The molecule has 0 aliphatic carbocycles. The van der Waals surface area contributed by atoms with Crippen molar-refractivity contribution in [3.63, 3.8) is 0 Å². The summed E-state index contributed by atoms with van der Waals surface area (Å²) in [5.41, 5.74) is -0.206. The maximum Gasteiger partial charge on any atom is 0.293 e. The smallest absolute Gasteiger partial charge is 0.293 e. The Morgan fingerprint density at radius 3 is 3.00 bits per heavy atom. The van der Waals surface area contributed by atoms with Crippen LogP contribution in [0.4, 0.5) is 5.82 Å². The van der Waals surface area contributed by atoms with Crippen molar-refractivity contribution in [1.82, 2.24) is 9.55 Å². The van der Waals surface area contributed by atoms with E-state index < -0.39 is 9.84 Å². The van der Waals surface area contributed by atoms with Gasteiger partial charge in [0.25, 0.3) is 5.56 Å². The summed E-state index contributed by atoms with van der Waals surface area (Å²) < 4.78 is 24.6. The second-order valence-corrected chi connectivity index (χ2v) is 6.69. The lowest BCUT2D eigenvalue weighted by atomic mass is 10.2. The zero-order chi connectivity index (χ0) is 13.2. The SMILES string of the molecule is CCn1ccnc(NC2CCCS(=O)(=O)C2)c1=O. The Kier molecular flexibility index (Phi) is 3.70. The number of sulfone groups is 1. The average molecular weight is 271 g/mol. The number of hydrogen-bond donors (Lipinski definition) is 1. The number of aromatic nitrogens is 2. The van der Waals surface area contributed by atoms with Gasteiger partial charge in [-0.05, 0) is 19.8 Å². The molecular weight excluding hydrogens is 254 g/mol. The number of anilines is 1. The number of aryl methyl sites for hydroxylation is 1. The third kappa shape index (κ3) is 2.90. The third-order valence-corrected chi connectivity index (χ3v) is 4.88. The number of nitrogens with zero attached hydrogens (tertiary/aromatic N) is 2. The summed E-state index contributed by atoms with van der Waals surface area (Å²) in [6, 6.07) is -0.211. The Morgan fingerprint density at radius 2 is 2.33 bits per heavy atom. The van der Waals surface area contributed by atoms with Crippen molar-refractivity contribution in [2.45, 2.75) is 32.4 Å². The van der Waals surface area contributed by atoms with Crippen LogP contribution in [0.1, 0.15) is 19.8 Å². The zero-order valence-electron chi connectivity index (χ0n) is 10.3. The van der Waals surface area contributed by atoms with Crippen molar-refractivity contribution < 1.29 is 8.42 Å². The van der Waals surface area contributed by atoms with Gasteiger partial charge in [-0.3, -0.25) is 4.79 Å². The lowest BCUT2D eigenvalue weighted by Gasteiger charge is -2.23. The van der Waals surface area contributed by atoms with Crippen LogP contribution in [0.25, 0.3) is 0 Å². The lowest BCUT2D eigenvalue weighted by molar-refractivity contribution is 0.561. The van der Waals surface area contributed by atoms with E-state index in [4.69, 9.17) is 0 Å². The molecule has 2 rings (SSSR count). The van der Waals surface area contributed by atoms with Crippen molar-refractivity contribution in [3.05, 3.63) is 22.7 Å². The van der Waals surface area contributed by atoms with Crippen molar-refractivity contribution in [1.29, 1.82) is 0 Å². The quantitative estimate of drug-likeness (QED) is 0.852. The second kappa shape index (κ2) is 5.09. The summed E-state index contributed by atoms with van der Waals surface area (Å²) in [6.45, 7) is 2.44. The summed E-state index contributed by atoms with van der Waals surface area (Å²) in [4.78, 5) is 15.9. The molecule has 0 spiro atoms. The van der Waals surface area contributed by atoms with E-state index in [2.05, 4.69) is 10.3 Å². The minimum Gasteiger partial charge on any atom is -0.362 e. The van der Waals surface area contributed by atoms with Gasteiger partial charge >= 0.3 is 0 Å². The summed E-state index contributed by atoms with van der Waals surface area (Å²) in [6.07, 6.45) is 4.55. The van der Waals surface area contributed by atoms with Gasteiger partial charge in [-0.25, -0.2) is 13.4 Å².